The summed E-state index contributed by atoms with van der Waals surface area (Å²) in [5.74, 6) is -1.21. The van der Waals surface area contributed by atoms with Crippen LogP contribution >= 0.6 is 11.6 Å². The molecule has 0 bridgehead atoms. The Labute approximate surface area is 124 Å². The van der Waals surface area contributed by atoms with Gasteiger partial charge < -0.3 is 9.47 Å². The lowest BCUT2D eigenvalue weighted by Gasteiger charge is -2.15. The van der Waals surface area contributed by atoms with E-state index in [1.165, 1.54) is 7.11 Å². The molecule has 0 aromatic heterocycles. The predicted octanol–water partition coefficient (Wildman–Crippen LogP) is 3.51. The predicted molar refractivity (Wildman–Crippen MR) is 77.4 cm³/mol. The number of hydrogen-bond acceptors (Lipinski definition) is 4. The molecule has 0 radical (unpaired) electrons. The van der Waals surface area contributed by atoms with Crippen LogP contribution in [-0.4, -0.2) is 25.5 Å². The molecule has 5 heteroatoms. The Hall–Kier alpha value is -1.55. The Balaban J connectivity index is 3.08. The molecule has 1 atom stereocenters. The minimum atomic E-state index is -0.796. The number of esters is 1. The fourth-order valence-electron chi connectivity index (χ4n) is 1.94. The Bertz CT molecular complexity index is 485. The van der Waals surface area contributed by atoms with Crippen molar-refractivity contribution in [2.75, 3.05) is 13.7 Å². The summed E-state index contributed by atoms with van der Waals surface area (Å²) in [6.07, 6.45) is 1.16. The number of benzene rings is 1. The lowest BCUT2D eigenvalue weighted by Crippen LogP contribution is -2.26. The number of ether oxygens (including phenoxy) is 2. The summed E-state index contributed by atoms with van der Waals surface area (Å²) in [6, 6.07) is 4.74. The Morgan fingerprint density at radius 2 is 2.00 bits per heavy atom. The van der Waals surface area contributed by atoms with E-state index in [0.29, 0.717) is 29.2 Å². The van der Waals surface area contributed by atoms with Crippen molar-refractivity contribution in [3.8, 4) is 5.75 Å². The van der Waals surface area contributed by atoms with Crippen LogP contribution in [-0.2, 0) is 9.53 Å². The molecule has 0 N–H and O–H groups in total. The van der Waals surface area contributed by atoms with E-state index in [0.717, 1.165) is 0 Å². The van der Waals surface area contributed by atoms with E-state index in [1.807, 2.05) is 6.92 Å². The number of rotatable bonds is 7. The van der Waals surface area contributed by atoms with Crippen LogP contribution in [0, 0.1) is 5.92 Å². The van der Waals surface area contributed by atoms with Gasteiger partial charge in [-0.1, -0.05) is 24.9 Å². The molecule has 1 unspecified atom stereocenters. The van der Waals surface area contributed by atoms with Gasteiger partial charge in [0.25, 0.3) is 0 Å². The fraction of sp³-hybridized carbons (Fsp3) is 0.467. The quantitative estimate of drug-likeness (QED) is 0.439. The zero-order chi connectivity index (χ0) is 15.1. The maximum absolute atomic E-state index is 12.5. The molecule has 0 aliphatic carbocycles. The summed E-state index contributed by atoms with van der Waals surface area (Å²) in [5, 5.41) is 0.474. The van der Waals surface area contributed by atoms with Crippen LogP contribution in [0.25, 0.3) is 0 Å². The van der Waals surface area contributed by atoms with Crippen LogP contribution in [0.5, 0.6) is 5.75 Å². The first kappa shape index (κ1) is 16.5. The number of carbonyl (C=O) groups excluding carboxylic acids is 2. The van der Waals surface area contributed by atoms with E-state index in [1.54, 1.807) is 25.1 Å². The van der Waals surface area contributed by atoms with Gasteiger partial charge in [0.2, 0.25) is 0 Å². The standard InChI is InChI=1S/C15H19ClO4/c1-4-6-12(15(18)20-5-2)14(17)11-8-7-10(16)9-13(11)19-3/h7-9,12H,4-6H2,1-3H3. The number of Topliss-reactive ketones (excluding diaryl/α,β-unsaturated/α-hetero) is 1. The summed E-state index contributed by atoms with van der Waals surface area (Å²) >= 11 is 5.87. The fourth-order valence-corrected chi connectivity index (χ4v) is 2.11. The highest BCUT2D eigenvalue weighted by atomic mass is 35.5. The summed E-state index contributed by atoms with van der Waals surface area (Å²) in [6.45, 7) is 3.89. The number of ketones is 1. The molecule has 0 aliphatic rings. The van der Waals surface area contributed by atoms with Crippen LogP contribution < -0.4 is 4.74 Å². The van der Waals surface area contributed by atoms with Gasteiger partial charge in [-0.2, -0.15) is 0 Å². The first-order valence-corrected chi connectivity index (χ1v) is 6.97. The second-order valence-corrected chi connectivity index (χ2v) is 4.74. The topological polar surface area (TPSA) is 52.6 Å². The van der Waals surface area contributed by atoms with Crippen molar-refractivity contribution in [1.82, 2.24) is 0 Å². The summed E-state index contributed by atoms with van der Waals surface area (Å²) in [4.78, 5) is 24.4. The third kappa shape index (κ3) is 3.97. The molecular formula is C15H19ClO4. The van der Waals surface area contributed by atoms with Crippen LogP contribution in [0.15, 0.2) is 18.2 Å². The van der Waals surface area contributed by atoms with E-state index >= 15 is 0 Å². The number of hydrogen-bond donors (Lipinski definition) is 0. The van der Waals surface area contributed by atoms with Gasteiger partial charge >= 0.3 is 5.97 Å². The van der Waals surface area contributed by atoms with E-state index in [-0.39, 0.29) is 12.4 Å². The lowest BCUT2D eigenvalue weighted by molar-refractivity contribution is -0.146. The van der Waals surface area contributed by atoms with E-state index in [9.17, 15) is 9.59 Å². The zero-order valence-electron chi connectivity index (χ0n) is 11.9. The summed E-state index contributed by atoms with van der Waals surface area (Å²) in [7, 11) is 1.46. The van der Waals surface area contributed by atoms with Gasteiger partial charge in [0, 0.05) is 5.02 Å². The van der Waals surface area contributed by atoms with Crippen molar-refractivity contribution in [3.05, 3.63) is 28.8 Å². The van der Waals surface area contributed by atoms with Crippen LogP contribution in [0.3, 0.4) is 0 Å². The lowest BCUT2D eigenvalue weighted by atomic mass is 9.93. The highest BCUT2D eigenvalue weighted by molar-refractivity contribution is 6.31. The molecule has 0 spiro atoms. The first-order chi connectivity index (χ1) is 9.54. The molecule has 0 saturated heterocycles. The molecule has 0 saturated carbocycles. The molecule has 4 nitrogen and oxygen atoms in total. The molecule has 110 valence electrons. The largest absolute Gasteiger partial charge is 0.496 e. The maximum atomic E-state index is 12.5. The highest BCUT2D eigenvalue weighted by Crippen LogP contribution is 2.27. The van der Waals surface area contributed by atoms with Gasteiger partial charge in [-0.25, -0.2) is 0 Å². The van der Waals surface area contributed by atoms with Crippen molar-refractivity contribution in [2.45, 2.75) is 26.7 Å². The van der Waals surface area contributed by atoms with Crippen molar-refractivity contribution < 1.29 is 19.1 Å². The molecule has 1 rings (SSSR count). The van der Waals surface area contributed by atoms with Crippen molar-refractivity contribution in [3.63, 3.8) is 0 Å². The van der Waals surface area contributed by atoms with Crippen molar-refractivity contribution in [2.24, 2.45) is 5.92 Å². The van der Waals surface area contributed by atoms with Gasteiger partial charge in [-0.05, 0) is 31.5 Å². The van der Waals surface area contributed by atoms with Crippen LogP contribution in [0.2, 0.25) is 5.02 Å². The van der Waals surface area contributed by atoms with Crippen molar-refractivity contribution in [1.29, 1.82) is 0 Å². The van der Waals surface area contributed by atoms with E-state index in [4.69, 9.17) is 21.1 Å². The first-order valence-electron chi connectivity index (χ1n) is 6.59. The van der Waals surface area contributed by atoms with Gasteiger partial charge in [0.1, 0.15) is 11.7 Å². The normalized spacial score (nSPS) is 11.8. The second-order valence-electron chi connectivity index (χ2n) is 4.30. The monoisotopic (exact) mass is 298 g/mol. The summed E-state index contributed by atoms with van der Waals surface area (Å²) < 4.78 is 10.1. The zero-order valence-corrected chi connectivity index (χ0v) is 12.7. The van der Waals surface area contributed by atoms with Gasteiger partial charge in [-0.3, -0.25) is 9.59 Å². The molecule has 0 aliphatic heterocycles. The summed E-state index contributed by atoms with van der Waals surface area (Å²) in [5.41, 5.74) is 0.350. The maximum Gasteiger partial charge on any atom is 0.316 e. The molecule has 20 heavy (non-hydrogen) atoms. The Kier molecular flexibility index (Phi) is 6.52. The molecule has 1 aromatic carbocycles. The van der Waals surface area contributed by atoms with Crippen molar-refractivity contribution >= 4 is 23.4 Å². The van der Waals surface area contributed by atoms with E-state index in [2.05, 4.69) is 0 Å². The molecule has 1 aromatic rings. The number of carbonyl (C=O) groups is 2. The second kappa shape index (κ2) is 7.90. The van der Waals surface area contributed by atoms with Gasteiger partial charge in [0.05, 0.1) is 19.3 Å². The SMILES string of the molecule is CCCC(C(=O)OCC)C(=O)c1ccc(Cl)cc1OC. The van der Waals surface area contributed by atoms with Gasteiger partial charge in [0.15, 0.2) is 5.78 Å². The average Bonchev–Trinajstić information content (AvgIpc) is 2.44. The van der Waals surface area contributed by atoms with Crippen LogP contribution in [0.4, 0.5) is 0 Å². The molecular weight excluding hydrogens is 280 g/mol. The minimum Gasteiger partial charge on any atom is -0.496 e. The average molecular weight is 299 g/mol. The number of halogens is 1. The number of methoxy groups -OCH3 is 1. The molecule has 0 amide bonds. The minimum absolute atomic E-state index is 0.254. The van der Waals surface area contributed by atoms with Crippen LogP contribution in [0.1, 0.15) is 37.0 Å². The van der Waals surface area contributed by atoms with E-state index < -0.39 is 11.9 Å². The molecule has 0 heterocycles. The van der Waals surface area contributed by atoms with Gasteiger partial charge in [-0.15, -0.1) is 0 Å². The molecule has 0 fully saturated rings. The highest BCUT2D eigenvalue weighted by Gasteiger charge is 2.29. The third-order valence-corrected chi connectivity index (χ3v) is 3.13. The Morgan fingerprint density at radius 1 is 1.30 bits per heavy atom. The Morgan fingerprint density at radius 3 is 2.55 bits per heavy atom. The third-order valence-electron chi connectivity index (χ3n) is 2.89. The smallest absolute Gasteiger partial charge is 0.316 e.